The third-order valence-corrected chi connectivity index (χ3v) is 3.69. The Balaban J connectivity index is 1.84. The summed E-state index contributed by atoms with van der Waals surface area (Å²) in [7, 11) is 0. The number of nitrogens with one attached hydrogen (secondary N) is 1. The molecule has 2 nitrogen and oxygen atoms in total. The fraction of sp³-hybridized carbons (Fsp3) is 0.125. The third kappa shape index (κ3) is 2.51. The number of aryl methyl sites for hydroxylation is 1. The molecule has 19 heavy (non-hydrogen) atoms. The van der Waals surface area contributed by atoms with E-state index in [1.807, 2.05) is 30.5 Å². The molecule has 0 unspecified atom stereocenters. The number of para-hydroxylation sites is 1. The van der Waals surface area contributed by atoms with Crippen molar-refractivity contribution in [1.82, 2.24) is 4.98 Å². The minimum absolute atomic E-state index is 0.569. The second-order valence-corrected chi connectivity index (χ2v) is 5.47. The number of H-pyrrole nitrogens is 1. The molecule has 0 fully saturated rings. The highest BCUT2D eigenvalue weighted by molar-refractivity contribution is 9.10. The van der Waals surface area contributed by atoms with Crippen LogP contribution in [0.3, 0.4) is 0 Å². The molecule has 0 saturated heterocycles. The second-order valence-electron chi connectivity index (χ2n) is 4.56. The van der Waals surface area contributed by atoms with Gasteiger partial charge < -0.3 is 9.72 Å². The zero-order valence-corrected chi connectivity index (χ0v) is 12.2. The van der Waals surface area contributed by atoms with Gasteiger partial charge in [0, 0.05) is 27.1 Å². The van der Waals surface area contributed by atoms with Crippen molar-refractivity contribution in [2.45, 2.75) is 13.5 Å². The first-order valence-electron chi connectivity index (χ1n) is 6.18. The Morgan fingerprint density at radius 1 is 1.16 bits per heavy atom. The first-order chi connectivity index (χ1) is 9.24. The number of rotatable bonds is 3. The van der Waals surface area contributed by atoms with E-state index in [0.717, 1.165) is 10.2 Å². The summed E-state index contributed by atoms with van der Waals surface area (Å²) in [6, 6.07) is 14.2. The van der Waals surface area contributed by atoms with Crippen molar-refractivity contribution in [3.8, 4) is 5.75 Å². The molecule has 0 spiro atoms. The summed E-state index contributed by atoms with van der Waals surface area (Å²) < 4.78 is 6.86. The Morgan fingerprint density at radius 2 is 2.00 bits per heavy atom. The summed E-state index contributed by atoms with van der Waals surface area (Å²) in [6.45, 7) is 2.68. The Bertz CT molecular complexity index is 718. The van der Waals surface area contributed by atoms with E-state index in [2.05, 4.69) is 46.0 Å². The van der Waals surface area contributed by atoms with Gasteiger partial charge in [-0.2, -0.15) is 0 Å². The van der Waals surface area contributed by atoms with Crippen molar-refractivity contribution < 1.29 is 4.74 Å². The van der Waals surface area contributed by atoms with Gasteiger partial charge in [0.15, 0.2) is 0 Å². The zero-order valence-electron chi connectivity index (χ0n) is 10.6. The maximum absolute atomic E-state index is 5.83. The molecule has 0 aliphatic heterocycles. The molecule has 0 aliphatic carbocycles. The Morgan fingerprint density at radius 3 is 2.84 bits per heavy atom. The van der Waals surface area contributed by atoms with Crippen molar-refractivity contribution in [2.75, 3.05) is 0 Å². The first-order valence-corrected chi connectivity index (χ1v) is 6.97. The molecule has 0 bridgehead atoms. The fourth-order valence-electron chi connectivity index (χ4n) is 2.20. The highest BCUT2D eigenvalue weighted by Gasteiger charge is 2.05. The van der Waals surface area contributed by atoms with E-state index in [4.69, 9.17) is 4.74 Å². The molecule has 1 aromatic heterocycles. The molecule has 0 atom stereocenters. The van der Waals surface area contributed by atoms with Crippen LogP contribution in [-0.2, 0) is 6.61 Å². The molecule has 0 radical (unpaired) electrons. The maximum atomic E-state index is 5.83. The molecule has 3 heteroatoms. The Hall–Kier alpha value is -1.74. The van der Waals surface area contributed by atoms with Crippen molar-refractivity contribution in [3.05, 3.63) is 64.3 Å². The normalized spacial score (nSPS) is 10.8. The average Bonchev–Trinajstić information content (AvgIpc) is 2.81. The molecule has 1 N–H and O–H groups in total. The van der Waals surface area contributed by atoms with Gasteiger partial charge in [-0.3, -0.25) is 0 Å². The van der Waals surface area contributed by atoms with Gasteiger partial charge in [0.1, 0.15) is 12.4 Å². The molecular weight excluding hydrogens is 302 g/mol. The van der Waals surface area contributed by atoms with Gasteiger partial charge >= 0.3 is 0 Å². The molecule has 1 heterocycles. The van der Waals surface area contributed by atoms with Gasteiger partial charge in [-0.05, 0) is 30.7 Å². The number of aromatic nitrogens is 1. The number of hydrogen-bond acceptors (Lipinski definition) is 1. The predicted octanol–water partition coefficient (Wildman–Crippen LogP) is 4.82. The van der Waals surface area contributed by atoms with Crippen LogP contribution in [0.25, 0.3) is 10.9 Å². The molecule has 96 valence electrons. The van der Waals surface area contributed by atoms with E-state index >= 15 is 0 Å². The smallest absolute Gasteiger partial charge is 0.120 e. The minimum Gasteiger partial charge on any atom is -0.489 e. The largest absolute Gasteiger partial charge is 0.489 e. The summed E-state index contributed by atoms with van der Waals surface area (Å²) in [6.07, 6.45) is 2.02. The monoisotopic (exact) mass is 315 g/mol. The summed E-state index contributed by atoms with van der Waals surface area (Å²) in [4.78, 5) is 3.31. The number of fused-ring (bicyclic) bond motifs is 1. The van der Waals surface area contributed by atoms with Crippen LogP contribution in [0.4, 0.5) is 0 Å². The molecule has 0 aliphatic rings. The van der Waals surface area contributed by atoms with E-state index in [1.54, 1.807) is 0 Å². The summed E-state index contributed by atoms with van der Waals surface area (Å²) in [5.74, 6) is 0.872. The van der Waals surface area contributed by atoms with E-state index < -0.39 is 0 Å². The van der Waals surface area contributed by atoms with Gasteiger partial charge in [-0.1, -0.05) is 40.2 Å². The number of benzene rings is 2. The van der Waals surface area contributed by atoms with Crippen LogP contribution >= 0.6 is 15.9 Å². The third-order valence-electron chi connectivity index (χ3n) is 3.20. The lowest BCUT2D eigenvalue weighted by Gasteiger charge is -2.05. The SMILES string of the molecule is Cc1cccc2c(COc3cccc(Br)c3)c[nH]c12. The van der Waals surface area contributed by atoms with Crippen LogP contribution in [0.2, 0.25) is 0 Å². The van der Waals surface area contributed by atoms with Gasteiger partial charge in [-0.15, -0.1) is 0 Å². The van der Waals surface area contributed by atoms with Crippen molar-refractivity contribution in [3.63, 3.8) is 0 Å². The van der Waals surface area contributed by atoms with Crippen LogP contribution in [0.15, 0.2) is 53.1 Å². The number of ether oxygens (including phenoxy) is 1. The lowest BCUT2D eigenvalue weighted by molar-refractivity contribution is 0.307. The summed E-state index contributed by atoms with van der Waals surface area (Å²) in [5, 5.41) is 1.23. The van der Waals surface area contributed by atoms with Gasteiger partial charge in [0.25, 0.3) is 0 Å². The topological polar surface area (TPSA) is 25.0 Å². The van der Waals surface area contributed by atoms with Crippen molar-refractivity contribution in [1.29, 1.82) is 0 Å². The van der Waals surface area contributed by atoms with E-state index in [9.17, 15) is 0 Å². The molecule has 3 aromatic rings. The summed E-state index contributed by atoms with van der Waals surface area (Å²) in [5.41, 5.74) is 3.63. The fourth-order valence-corrected chi connectivity index (χ4v) is 2.58. The van der Waals surface area contributed by atoms with Crippen LogP contribution < -0.4 is 4.74 Å². The van der Waals surface area contributed by atoms with Crippen molar-refractivity contribution >= 4 is 26.8 Å². The predicted molar refractivity (Wildman–Crippen MR) is 81.5 cm³/mol. The van der Waals surface area contributed by atoms with E-state index in [0.29, 0.717) is 6.61 Å². The molecule has 0 saturated carbocycles. The lowest BCUT2D eigenvalue weighted by Crippen LogP contribution is -1.94. The zero-order chi connectivity index (χ0) is 13.2. The lowest BCUT2D eigenvalue weighted by atomic mass is 10.1. The molecule has 2 aromatic carbocycles. The van der Waals surface area contributed by atoms with Crippen LogP contribution in [0.5, 0.6) is 5.75 Å². The van der Waals surface area contributed by atoms with E-state index in [1.165, 1.54) is 22.0 Å². The second kappa shape index (κ2) is 5.10. The number of hydrogen-bond donors (Lipinski definition) is 1. The molecule has 3 rings (SSSR count). The number of halogens is 1. The van der Waals surface area contributed by atoms with E-state index in [-0.39, 0.29) is 0 Å². The van der Waals surface area contributed by atoms with Crippen LogP contribution in [0.1, 0.15) is 11.1 Å². The highest BCUT2D eigenvalue weighted by atomic mass is 79.9. The summed E-state index contributed by atoms with van der Waals surface area (Å²) >= 11 is 3.44. The van der Waals surface area contributed by atoms with Crippen LogP contribution in [0, 0.1) is 6.92 Å². The quantitative estimate of drug-likeness (QED) is 0.736. The molecule has 0 amide bonds. The maximum Gasteiger partial charge on any atom is 0.120 e. The first kappa shape index (κ1) is 12.3. The Kier molecular flexibility index (Phi) is 3.30. The van der Waals surface area contributed by atoms with Gasteiger partial charge in [-0.25, -0.2) is 0 Å². The minimum atomic E-state index is 0.569. The average molecular weight is 316 g/mol. The van der Waals surface area contributed by atoms with Crippen molar-refractivity contribution in [2.24, 2.45) is 0 Å². The standard InChI is InChI=1S/C16H14BrNO/c1-11-4-2-7-15-12(9-18-16(11)15)10-19-14-6-3-5-13(17)8-14/h2-9,18H,10H2,1H3. The number of aromatic amines is 1. The Labute approximate surface area is 120 Å². The van der Waals surface area contributed by atoms with Gasteiger partial charge in [0.2, 0.25) is 0 Å². The van der Waals surface area contributed by atoms with Gasteiger partial charge in [0.05, 0.1) is 0 Å². The highest BCUT2D eigenvalue weighted by Crippen LogP contribution is 2.23. The molecular formula is C16H14BrNO. The van der Waals surface area contributed by atoms with Crippen LogP contribution in [-0.4, -0.2) is 4.98 Å².